The Morgan fingerprint density at radius 3 is 2.58 bits per heavy atom. The Balaban J connectivity index is 2.29. The van der Waals surface area contributed by atoms with Crippen molar-refractivity contribution < 1.29 is 4.79 Å². The monoisotopic (exact) mass is 297 g/mol. The molecule has 2 heterocycles. The number of hydrogen-bond acceptors (Lipinski definition) is 4. The van der Waals surface area contributed by atoms with Crippen molar-refractivity contribution in [3.8, 4) is 0 Å². The lowest BCUT2D eigenvalue weighted by Gasteiger charge is -2.01. The van der Waals surface area contributed by atoms with E-state index in [0.29, 0.717) is 9.90 Å². The molecule has 0 spiro atoms. The number of nitrogens with zero attached hydrogens (tertiary/aromatic N) is 3. The summed E-state index contributed by atoms with van der Waals surface area (Å²) in [6.45, 7) is 5.76. The molecule has 0 saturated heterocycles. The van der Waals surface area contributed by atoms with Crippen LogP contribution in [0.5, 0.6) is 0 Å². The zero-order chi connectivity index (χ0) is 14.2. The molecule has 0 aliphatic heterocycles. The standard InChI is InChI=1S/C13H16ClN3OS/c1-5-9-12(14)10(17(4)16-9)6-11(18)13-7(2)15-8(3)19-13/h5-6H2,1-4H3. The maximum atomic E-state index is 12.3. The first kappa shape index (κ1) is 14.2. The third kappa shape index (κ3) is 2.72. The van der Waals surface area contributed by atoms with Gasteiger partial charge < -0.3 is 0 Å². The molecular weight excluding hydrogens is 282 g/mol. The topological polar surface area (TPSA) is 47.8 Å². The molecule has 0 atom stereocenters. The normalized spacial score (nSPS) is 11.0. The Morgan fingerprint density at radius 1 is 1.42 bits per heavy atom. The Labute approximate surface area is 121 Å². The number of carbonyl (C=O) groups excluding carboxylic acids is 1. The van der Waals surface area contributed by atoms with Crippen LogP contribution in [0.1, 0.15) is 38.7 Å². The molecule has 6 heteroatoms. The molecule has 0 unspecified atom stereocenters. The number of aryl methyl sites for hydroxylation is 4. The highest BCUT2D eigenvalue weighted by atomic mass is 35.5. The molecule has 4 nitrogen and oxygen atoms in total. The molecule has 0 bridgehead atoms. The largest absolute Gasteiger partial charge is 0.293 e. The van der Waals surface area contributed by atoms with Gasteiger partial charge in [0.2, 0.25) is 0 Å². The molecule has 19 heavy (non-hydrogen) atoms. The van der Waals surface area contributed by atoms with E-state index in [9.17, 15) is 4.79 Å². The quantitative estimate of drug-likeness (QED) is 0.815. The van der Waals surface area contributed by atoms with Gasteiger partial charge in [0.25, 0.3) is 0 Å². The molecule has 0 aliphatic rings. The molecular formula is C13H16ClN3OS. The van der Waals surface area contributed by atoms with Crippen molar-refractivity contribution in [2.45, 2.75) is 33.6 Å². The number of ketones is 1. The van der Waals surface area contributed by atoms with Crippen LogP contribution in [0.4, 0.5) is 0 Å². The minimum Gasteiger partial charge on any atom is -0.293 e. The first-order valence-corrected chi connectivity index (χ1v) is 7.31. The van der Waals surface area contributed by atoms with Crippen LogP contribution in [-0.4, -0.2) is 20.5 Å². The highest BCUT2D eigenvalue weighted by Crippen LogP contribution is 2.24. The fourth-order valence-corrected chi connectivity index (χ4v) is 3.25. The zero-order valence-electron chi connectivity index (χ0n) is 11.5. The summed E-state index contributed by atoms with van der Waals surface area (Å²) in [5.41, 5.74) is 2.40. The summed E-state index contributed by atoms with van der Waals surface area (Å²) in [7, 11) is 1.82. The van der Waals surface area contributed by atoms with Gasteiger partial charge in [0.15, 0.2) is 5.78 Å². The van der Waals surface area contributed by atoms with Crippen molar-refractivity contribution in [1.82, 2.24) is 14.8 Å². The highest BCUT2D eigenvalue weighted by molar-refractivity contribution is 7.13. The van der Waals surface area contributed by atoms with Crippen molar-refractivity contribution in [3.05, 3.63) is 32.0 Å². The first-order chi connectivity index (χ1) is 8.93. The van der Waals surface area contributed by atoms with Crippen LogP contribution in [0.15, 0.2) is 0 Å². The van der Waals surface area contributed by atoms with Crippen molar-refractivity contribution >= 4 is 28.7 Å². The van der Waals surface area contributed by atoms with E-state index in [1.165, 1.54) is 11.3 Å². The molecule has 102 valence electrons. The van der Waals surface area contributed by atoms with Crippen LogP contribution in [0.25, 0.3) is 0 Å². The lowest BCUT2D eigenvalue weighted by molar-refractivity contribution is 0.0994. The van der Waals surface area contributed by atoms with E-state index in [4.69, 9.17) is 11.6 Å². The van der Waals surface area contributed by atoms with Crippen LogP contribution in [-0.2, 0) is 19.9 Å². The van der Waals surface area contributed by atoms with E-state index in [1.54, 1.807) is 4.68 Å². The molecule has 2 aromatic rings. The molecule has 2 aromatic heterocycles. The molecule has 0 fully saturated rings. The summed E-state index contributed by atoms with van der Waals surface area (Å²) in [6.07, 6.45) is 1.03. The van der Waals surface area contributed by atoms with Gasteiger partial charge in [-0.05, 0) is 20.3 Å². The smallest absolute Gasteiger partial charge is 0.180 e. The Morgan fingerprint density at radius 2 is 2.11 bits per heavy atom. The number of carbonyl (C=O) groups is 1. The van der Waals surface area contributed by atoms with Crippen molar-refractivity contribution in [2.24, 2.45) is 7.05 Å². The summed E-state index contributed by atoms with van der Waals surface area (Å²) in [5, 5.41) is 5.84. The van der Waals surface area contributed by atoms with Gasteiger partial charge in [0, 0.05) is 7.05 Å². The lowest BCUT2D eigenvalue weighted by atomic mass is 10.1. The van der Waals surface area contributed by atoms with Gasteiger partial charge in [0.1, 0.15) is 0 Å². The summed E-state index contributed by atoms with van der Waals surface area (Å²) in [4.78, 5) is 17.3. The van der Waals surface area contributed by atoms with Gasteiger partial charge in [0.05, 0.1) is 38.4 Å². The third-order valence-electron chi connectivity index (χ3n) is 2.99. The number of aromatic nitrogens is 3. The Hall–Kier alpha value is -1.20. The van der Waals surface area contributed by atoms with E-state index >= 15 is 0 Å². The van der Waals surface area contributed by atoms with Crippen LogP contribution in [0.3, 0.4) is 0 Å². The van der Waals surface area contributed by atoms with E-state index in [2.05, 4.69) is 10.1 Å². The maximum absolute atomic E-state index is 12.3. The molecule has 0 radical (unpaired) electrons. The number of Topliss-reactive ketones (excluding diaryl/α,β-unsaturated/α-hetero) is 1. The van der Waals surface area contributed by atoms with Gasteiger partial charge in [-0.1, -0.05) is 18.5 Å². The molecule has 0 aromatic carbocycles. The fourth-order valence-electron chi connectivity index (χ4n) is 2.03. The summed E-state index contributed by atoms with van der Waals surface area (Å²) in [5.74, 6) is 0.0515. The van der Waals surface area contributed by atoms with E-state index in [-0.39, 0.29) is 12.2 Å². The number of hydrogen-bond donors (Lipinski definition) is 0. The predicted molar refractivity (Wildman–Crippen MR) is 77.2 cm³/mol. The summed E-state index contributed by atoms with van der Waals surface area (Å²) >= 11 is 7.69. The van der Waals surface area contributed by atoms with E-state index < -0.39 is 0 Å². The van der Waals surface area contributed by atoms with Gasteiger partial charge >= 0.3 is 0 Å². The van der Waals surface area contributed by atoms with Gasteiger partial charge in [-0.15, -0.1) is 11.3 Å². The van der Waals surface area contributed by atoms with Gasteiger partial charge in [-0.3, -0.25) is 9.48 Å². The Kier molecular flexibility index (Phi) is 4.06. The summed E-state index contributed by atoms with van der Waals surface area (Å²) < 4.78 is 1.70. The van der Waals surface area contributed by atoms with E-state index in [0.717, 1.165) is 28.5 Å². The Bertz CT molecular complexity index is 630. The second-order valence-corrected chi connectivity index (χ2v) is 6.01. The molecule has 2 rings (SSSR count). The summed E-state index contributed by atoms with van der Waals surface area (Å²) in [6, 6.07) is 0. The van der Waals surface area contributed by atoms with Crippen LogP contribution < -0.4 is 0 Å². The SMILES string of the molecule is CCc1nn(C)c(CC(=O)c2sc(C)nc2C)c1Cl. The minimum absolute atomic E-state index is 0.0515. The lowest BCUT2D eigenvalue weighted by Crippen LogP contribution is -2.08. The molecule has 0 aliphatic carbocycles. The average molecular weight is 298 g/mol. The molecule has 0 saturated carbocycles. The number of rotatable bonds is 4. The van der Waals surface area contributed by atoms with Crippen LogP contribution in [0.2, 0.25) is 5.02 Å². The van der Waals surface area contributed by atoms with Gasteiger partial charge in [-0.2, -0.15) is 5.10 Å². The fraction of sp³-hybridized carbons (Fsp3) is 0.462. The molecule has 0 amide bonds. The van der Waals surface area contributed by atoms with Crippen molar-refractivity contribution in [2.75, 3.05) is 0 Å². The van der Waals surface area contributed by atoms with Crippen LogP contribution >= 0.6 is 22.9 Å². The number of thiazole rings is 1. The minimum atomic E-state index is 0.0515. The van der Waals surface area contributed by atoms with Gasteiger partial charge in [-0.25, -0.2) is 4.98 Å². The number of halogens is 1. The predicted octanol–water partition coefficient (Wildman–Crippen LogP) is 3.13. The highest BCUT2D eigenvalue weighted by Gasteiger charge is 2.20. The average Bonchev–Trinajstić information content (AvgIpc) is 2.82. The second kappa shape index (κ2) is 5.43. The van der Waals surface area contributed by atoms with Crippen LogP contribution in [0, 0.1) is 13.8 Å². The van der Waals surface area contributed by atoms with E-state index in [1.807, 2.05) is 27.8 Å². The first-order valence-electron chi connectivity index (χ1n) is 6.11. The second-order valence-electron chi connectivity index (χ2n) is 4.43. The maximum Gasteiger partial charge on any atom is 0.180 e. The van der Waals surface area contributed by atoms with Crippen molar-refractivity contribution in [1.29, 1.82) is 0 Å². The van der Waals surface area contributed by atoms with Crippen molar-refractivity contribution in [3.63, 3.8) is 0 Å². The third-order valence-corrected chi connectivity index (χ3v) is 4.54. The zero-order valence-corrected chi connectivity index (χ0v) is 13.0. The molecule has 0 N–H and O–H groups in total.